The van der Waals surface area contributed by atoms with E-state index in [0.29, 0.717) is 25.8 Å². The van der Waals surface area contributed by atoms with Crippen LogP contribution in [-0.2, 0) is 23.9 Å². The number of esters is 1. The van der Waals surface area contributed by atoms with Gasteiger partial charge in [0.1, 0.15) is 11.6 Å². The zero-order valence-electron chi connectivity index (χ0n) is 19.8. The molecule has 0 radical (unpaired) electrons. The lowest BCUT2D eigenvalue weighted by molar-refractivity contribution is -0.156. The van der Waals surface area contributed by atoms with Gasteiger partial charge in [-0.25, -0.2) is 0 Å². The highest BCUT2D eigenvalue weighted by Gasteiger charge is 2.75. The van der Waals surface area contributed by atoms with Gasteiger partial charge >= 0.3 is 5.97 Å². The summed E-state index contributed by atoms with van der Waals surface area (Å²) in [7, 11) is 0. The summed E-state index contributed by atoms with van der Waals surface area (Å²) in [6.07, 6.45) is 4.64. The van der Waals surface area contributed by atoms with Gasteiger partial charge in [-0.2, -0.15) is 0 Å². The van der Waals surface area contributed by atoms with Crippen molar-refractivity contribution in [3.63, 3.8) is 0 Å². The van der Waals surface area contributed by atoms with Crippen LogP contribution < -0.4 is 0 Å². The Labute approximate surface area is 190 Å². The zero-order valence-corrected chi connectivity index (χ0v) is 19.8. The molecule has 8 nitrogen and oxygen atoms in total. The molecule has 8 heteroatoms. The predicted octanol–water partition coefficient (Wildman–Crippen LogP) is 1.90. The first-order valence-electron chi connectivity index (χ1n) is 12.0. The molecule has 0 aromatic rings. The van der Waals surface area contributed by atoms with Crippen molar-refractivity contribution in [2.75, 3.05) is 19.8 Å². The third-order valence-corrected chi connectivity index (χ3v) is 7.45. The van der Waals surface area contributed by atoms with Crippen LogP contribution in [0.15, 0.2) is 12.7 Å². The monoisotopic (exact) mass is 450 g/mol. The standard InChI is InChI=1S/C24H38N2O6/c1-6-10-15(5)25(13-7-2)22(29)20-24-12-11-17(32-24)18(23(30)31-9-4)19(24)21(28)26(20)16(8-3)14-27/h7,15-20,27H,2,6,8-14H2,1,3-5H3/t15?,16-,17-,18+,19+,20-,24+/m0/s1. The van der Waals surface area contributed by atoms with Gasteiger partial charge in [0, 0.05) is 12.6 Å². The summed E-state index contributed by atoms with van der Waals surface area (Å²) in [4.78, 5) is 44.0. The fourth-order valence-electron chi connectivity index (χ4n) is 6.04. The number of carbonyl (C=O) groups excluding carboxylic acids is 3. The van der Waals surface area contributed by atoms with E-state index < -0.39 is 41.6 Å². The van der Waals surface area contributed by atoms with E-state index in [1.807, 2.05) is 13.8 Å². The Morgan fingerprint density at radius 1 is 1.41 bits per heavy atom. The Hall–Kier alpha value is -1.93. The van der Waals surface area contributed by atoms with Gasteiger partial charge in [-0.3, -0.25) is 14.4 Å². The van der Waals surface area contributed by atoms with Gasteiger partial charge in [0.25, 0.3) is 0 Å². The third-order valence-electron chi connectivity index (χ3n) is 7.45. The largest absolute Gasteiger partial charge is 0.466 e. The lowest BCUT2D eigenvalue weighted by atomic mass is 9.70. The smallest absolute Gasteiger partial charge is 0.312 e. The Morgan fingerprint density at radius 3 is 2.69 bits per heavy atom. The van der Waals surface area contributed by atoms with Crippen molar-refractivity contribution in [2.24, 2.45) is 11.8 Å². The Balaban J connectivity index is 2.07. The minimum absolute atomic E-state index is 0.0356. The van der Waals surface area contributed by atoms with E-state index in [1.54, 1.807) is 17.9 Å². The van der Waals surface area contributed by atoms with Gasteiger partial charge in [0.15, 0.2) is 0 Å². The topological polar surface area (TPSA) is 96.4 Å². The first-order valence-corrected chi connectivity index (χ1v) is 12.0. The number of carbonyl (C=O) groups is 3. The van der Waals surface area contributed by atoms with E-state index in [0.717, 1.165) is 12.8 Å². The summed E-state index contributed by atoms with van der Waals surface area (Å²) in [5, 5.41) is 10.1. The minimum atomic E-state index is -1.07. The molecule has 0 aromatic heterocycles. The summed E-state index contributed by atoms with van der Waals surface area (Å²) >= 11 is 0. The van der Waals surface area contributed by atoms with E-state index in [1.165, 1.54) is 4.90 Å². The summed E-state index contributed by atoms with van der Waals surface area (Å²) in [6.45, 7) is 11.8. The number of aliphatic hydroxyl groups excluding tert-OH is 1. The molecule has 3 heterocycles. The number of ether oxygens (including phenoxy) is 2. The number of aliphatic hydroxyl groups is 1. The molecule has 180 valence electrons. The molecule has 3 saturated heterocycles. The molecule has 0 aromatic carbocycles. The van der Waals surface area contributed by atoms with Gasteiger partial charge in [-0.15, -0.1) is 6.58 Å². The van der Waals surface area contributed by atoms with E-state index in [-0.39, 0.29) is 31.1 Å². The normalized spacial score (nSPS) is 32.5. The molecular weight excluding hydrogens is 412 g/mol. The molecule has 32 heavy (non-hydrogen) atoms. The molecule has 7 atom stereocenters. The average Bonchev–Trinajstić information content (AvgIpc) is 3.41. The first-order chi connectivity index (χ1) is 15.3. The van der Waals surface area contributed by atoms with Crippen LogP contribution >= 0.6 is 0 Å². The van der Waals surface area contributed by atoms with Crippen molar-refractivity contribution in [1.29, 1.82) is 0 Å². The zero-order chi connectivity index (χ0) is 23.6. The van der Waals surface area contributed by atoms with Crippen LogP contribution in [0.5, 0.6) is 0 Å². The Bertz CT molecular complexity index is 738. The molecular formula is C24H38N2O6. The summed E-state index contributed by atoms with van der Waals surface area (Å²) in [6, 6.07) is -1.43. The Morgan fingerprint density at radius 2 is 2.12 bits per heavy atom. The number of likely N-dealkylation sites (tertiary alicyclic amines) is 1. The number of hydrogen-bond acceptors (Lipinski definition) is 6. The van der Waals surface area contributed by atoms with Crippen molar-refractivity contribution in [3.8, 4) is 0 Å². The van der Waals surface area contributed by atoms with Gasteiger partial charge in [0.05, 0.1) is 37.2 Å². The molecule has 0 aliphatic carbocycles. The van der Waals surface area contributed by atoms with Crippen LogP contribution in [0, 0.1) is 11.8 Å². The molecule has 2 bridgehead atoms. The highest BCUT2D eigenvalue weighted by molar-refractivity contribution is 5.98. The second-order valence-electron chi connectivity index (χ2n) is 9.22. The summed E-state index contributed by atoms with van der Waals surface area (Å²) < 4.78 is 11.7. The number of rotatable bonds is 11. The van der Waals surface area contributed by atoms with Gasteiger partial charge < -0.3 is 24.4 Å². The van der Waals surface area contributed by atoms with Crippen LogP contribution in [0.3, 0.4) is 0 Å². The van der Waals surface area contributed by atoms with Gasteiger partial charge in [-0.05, 0) is 39.5 Å². The second-order valence-corrected chi connectivity index (χ2v) is 9.22. The maximum Gasteiger partial charge on any atom is 0.312 e. The van der Waals surface area contributed by atoms with E-state index in [2.05, 4.69) is 13.5 Å². The average molecular weight is 451 g/mol. The molecule has 2 amide bonds. The first kappa shape index (κ1) is 24.7. The quantitative estimate of drug-likeness (QED) is 0.382. The molecule has 3 rings (SSSR count). The molecule has 1 N–H and O–H groups in total. The van der Waals surface area contributed by atoms with Gasteiger partial charge in [-0.1, -0.05) is 26.3 Å². The number of nitrogens with zero attached hydrogens (tertiary/aromatic N) is 2. The molecule has 1 spiro atoms. The highest BCUT2D eigenvalue weighted by atomic mass is 16.6. The van der Waals surface area contributed by atoms with Crippen LogP contribution in [0.1, 0.15) is 59.8 Å². The van der Waals surface area contributed by atoms with Crippen molar-refractivity contribution in [2.45, 2.75) is 89.6 Å². The molecule has 3 fully saturated rings. The third kappa shape index (κ3) is 3.75. The highest BCUT2D eigenvalue weighted by Crippen LogP contribution is 2.59. The number of hydrogen-bond donors (Lipinski definition) is 1. The lowest BCUT2D eigenvalue weighted by Crippen LogP contribution is -2.60. The van der Waals surface area contributed by atoms with E-state index in [9.17, 15) is 19.5 Å². The number of amides is 2. The van der Waals surface area contributed by atoms with Crippen LogP contribution in [0.2, 0.25) is 0 Å². The van der Waals surface area contributed by atoms with Gasteiger partial charge in [0.2, 0.25) is 11.8 Å². The fourth-order valence-corrected chi connectivity index (χ4v) is 6.04. The summed E-state index contributed by atoms with van der Waals surface area (Å²) in [5.41, 5.74) is -1.07. The minimum Gasteiger partial charge on any atom is -0.466 e. The van der Waals surface area contributed by atoms with Crippen molar-refractivity contribution < 1.29 is 29.0 Å². The van der Waals surface area contributed by atoms with Crippen molar-refractivity contribution in [1.82, 2.24) is 9.80 Å². The SMILES string of the molecule is C=CCN(C(=O)[C@@H]1N([C@@H](CC)CO)C(=O)[C@H]2[C@H](C(=O)OCC)[C@@H]3CC[C@]12O3)C(C)CCC. The number of fused-ring (bicyclic) bond motifs is 1. The molecule has 3 aliphatic rings. The van der Waals surface area contributed by atoms with E-state index >= 15 is 0 Å². The maximum absolute atomic E-state index is 14.1. The summed E-state index contributed by atoms with van der Waals surface area (Å²) in [5.74, 6) is -2.40. The van der Waals surface area contributed by atoms with Crippen LogP contribution in [0.4, 0.5) is 0 Å². The van der Waals surface area contributed by atoms with Crippen molar-refractivity contribution >= 4 is 17.8 Å². The van der Waals surface area contributed by atoms with E-state index in [4.69, 9.17) is 9.47 Å². The molecule has 0 saturated carbocycles. The predicted molar refractivity (Wildman–Crippen MR) is 119 cm³/mol. The van der Waals surface area contributed by atoms with Crippen LogP contribution in [0.25, 0.3) is 0 Å². The van der Waals surface area contributed by atoms with Crippen LogP contribution in [-0.4, -0.2) is 82.3 Å². The van der Waals surface area contributed by atoms with Crippen molar-refractivity contribution in [3.05, 3.63) is 12.7 Å². The Kier molecular flexibility index (Phi) is 7.65. The molecule has 3 aliphatic heterocycles. The second kappa shape index (κ2) is 9.91. The maximum atomic E-state index is 14.1. The fraction of sp³-hybridized carbons (Fsp3) is 0.792. The molecule has 1 unspecified atom stereocenters. The lowest BCUT2D eigenvalue weighted by Gasteiger charge is -2.40.